The highest BCUT2D eigenvalue weighted by atomic mass is 35.5. The molecule has 0 unspecified atom stereocenters. The molecule has 1 aromatic heterocycles. The average molecular weight is 1410 g/mol. The SMILES string of the molecule is CC[C@H](C)[C@@H]1NC(=O)[C@H](C)N(C)C(=O)C[C@@H](C(=O)N2CCCCC2)N(C)C(=O)[C@H](C2CCC2)N(C)C(=O)C2(CCCC2)NC(=O)CN(c2ccsc2)C(=O)[C@H](CCc2ccc(C(F)(F)F)c(Cl)c2)NC(=O)CN(C)C(=O)[C@H](CC2CCCCC2)N(C)C(=O)CN(C)C(=O)CN(C)C1=O. The first kappa shape index (κ1) is 78.0. The number of carbonyl (C=O) groups excluding carboxylic acids is 12. The van der Waals surface area contributed by atoms with Gasteiger partial charge in [0, 0.05) is 67.8 Å². The number of piperidine rings is 1. The smallest absolute Gasteiger partial charge is 0.343 e. The summed E-state index contributed by atoms with van der Waals surface area (Å²) in [5, 5.41) is 11.2. The summed E-state index contributed by atoms with van der Waals surface area (Å²) in [5.74, 6) is -9.04. The molecule has 3 saturated carbocycles. The maximum Gasteiger partial charge on any atom is 0.417 e. The summed E-state index contributed by atoms with van der Waals surface area (Å²) in [5.41, 5.74) is -2.19. The van der Waals surface area contributed by atoms with Crippen LogP contribution in [0.4, 0.5) is 18.9 Å². The molecule has 7 rings (SSSR count). The van der Waals surface area contributed by atoms with Gasteiger partial charge in [0.25, 0.3) is 0 Å². The van der Waals surface area contributed by atoms with Gasteiger partial charge in [-0.3, -0.25) is 57.5 Å². The largest absolute Gasteiger partial charge is 0.417 e. The quantitative estimate of drug-likeness (QED) is 0.258. The third-order valence-electron chi connectivity index (χ3n) is 20.9. The molecule has 2 aliphatic heterocycles. The Hall–Kier alpha value is -7.36. The number of amides is 12. The number of nitrogens with one attached hydrogen (secondary N) is 3. The van der Waals surface area contributed by atoms with Crippen LogP contribution in [0.5, 0.6) is 0 Å². The molecule has 542 valence electrons. The lowest BCUT2D eigenvalue weighted by Crippen LogP contribution is -2.65. The van der Waals surface area contributed by atoms with Crippen LogP contribution in [0.3, 0.4) is 0 Å². The fourth-order valence-electron chi connectivity index (χ4n) is 14.0. The fourth-order valence-corrected chi connectivity index (χ4v) is 15.0. The maximum absolute atomic E-state index is 15.5. The van der Waals surface area contributed by atoms with Crippen LogP contribution in [0.15, 0.2) is 35.0 Å². The number of halogens is 4. The number of alkyl halides is 3. The summed E-state index contributed by atoms with van der Waals surface area (Å²) < 4.78 is 41.7. The van der Waals surface area contributed by atoms with E-state index in [1.54, 1.807) is 28.7 Å². The number of thiophene rings is 1. The van der Waals surface area contributed by atoms with E-state index in [0.717, 1.165) is 81.6 Å². The van der Waals surface area contributed by atoms with E-state index in [0.29, 0.717) is 58.0 Å². The highest BCUT2D eigenvalue weighted by Gasteiger charge is 2.51. The molecule has 29 heteroatoms. The van der Waals surface area contributed by atoms with Crippen molar-refractivity contribution < 1.29 is 70.7 Å². The number of carbonyl (C=O) groups is 12. The van der Waals surface area contributed by atoms with Crippen LogP contribution in [0.2, 0.25) is 5.02 Å². The summed E-state index contributed by atoms with van der Waals surface area (Å²) in [6, 6.07) is -2.98. The van der Waals surface area contributed by atoms with Crippen molar-refractivity contribution in [2.75, 3.05) is 93.5 Å². The Kier molecular flexibility index (Phi) is 27.5. The van der Waals surface area contributed by atoms with Crippen molar-refractivity contribution in [1.29, 1.82) is 0 Å². The molecular formula is C69H100ClF3N12O12S. The van der Waals surface area contributed by atoms with Crippen LogP contribution in [-0.4, -0.2) is 240 Å². The lowest BCUT2D eigenvalue weighted by molar-refractivity contribution is -0.157. The normalized spacial score (nSPS) is 25.6. The van der Waals surface area contributed by atoms with Crippen molar-refractivity contribution in [1.82, 2.24) is 55.1 Å². The summed E-state index contributed by atoms with van der Waals surface area (Å²) >= 11 is 7.35. The molecule has 7 atom stereocenters. The van der Waals surface area contributed by atoms with Crippen LogP contribution in [0.1, 0.15) is 154 Å². The molecule has 2 aromatic rings. The topological polar surface area (TPSA) is 270 Å². The minimum absolute atomic E-state index is 0.00856. The van der Waals surface area contributed by atoms with Gasteiger partial charge in [-0.05, 0) is 118 Å². The van der Waals surface area contributed by atoms with Crippen molar-refractivity contribution in [3.8, 4) is 0 Å². The van der Waals surface area contributed by atoms with E-state index in [2.05, 4.69) is 16.0 Å². The predicted molar refractivity (Wildman–Crippen MR) is 363 cm³/mol. The summed E-state index contributed by atoms with van der Waals surface area (Å²) in [6.45, 7) is 3.32. The van der Waals surface area contributed by atoms with Gasteiger partial charge >= 0.3 is 6.18 Å². The molecular weight excluding hydrogens is 1310 g/mol. The maximum atomic E-state index is 15.5. The van der Waals surface area contributed by atoms with E-state index in [4.69, 9.17) is 11.6 Å². The molecule has 12 amide bonds. The van der Waals surface area contributed by atoms with E-state index in [1.807, 2.05) is 6.92 Å². The summed E-state index contributed by atoms with van der Waals surface area (Å²) in [7, 11) is 9.80. The van der Waals surface area contributed by atoms with Gasteiger partial charge in [0.15, 0.2) is 0 Å². The van der Waals surface area contributed by atoms with Crippen molar-refractivity contribution in [2.45, 2.75) is 197 Å². The zero-order valence-corrected chi connectivity index (χ0v) is 60.0. The molecule has 3 N–H and O–H groups in total. The van der Waals surface area contributed by atoms with Gasteiger partial charge in [-0.1, -0.05) is 89.3 Å². The Labute approximate surface area is 582 Å². The lowest BCUT2D eigenvalue weighted by Gasteiger charge is -2.44. The minimum Gasteiger partial charge on any atom is -0.343 e. The van der Waals surface area contributed by atoms with Crippen molar-refractivity contribution in [3.05, 3.63) is 51.2 Å². The van der Waals surface area contributed by atoms with Gasteiger partial charge in [0.05, 0.1) is 42.3 Å². The van der Waals surface area contributed by atoms with E-state index in [9.17, 15) is 56.3 Å². The molecule has 0 radical (unpaired) electrons. The zero-order valence-electron chi connectivity index (χ0n) is 58.4. The number of hydrogen-bond acceptors (Lipinski definition) is 13. The Balaban J connectivity index is 1.27. The summed E-state index contributed by atoms with van der Waals surface area (Å²) in [4.78, 5) is 188. The summed E-state index contributed by atoms with van der Waals surface area (Å²) in [6.07, 6.45) is 4.51. The van der Waals surface area contributed by atoms with E-state index in [1.165, 1.54) is 88.4 Å². The second-order valence-corrected chi connectivity index (χ2v) is 29.0. The number of likely N-dealkylation sites (N-methyl/N-ethyl adjacent to an activating group) is 7. The Bertz CT molecular complexity index is 3210. The first-order chi connectivity index (χ1) is 46.3. The zero-order chi connectivity index (χ0) is 72.1. The number of benzene rings is 1. The third-order valence-corrected chi connectivity index (χ3v) is 21.9. The van der Waals surface area contributed by atoms with Crippen LogP contribution in [0.25, 0.3) is 0 Å². The van der Waals surface area contributed by atoms with E-state index in [-0.39, 0.29) is 55.2 Å². The number of aryl methyl sites for hydroxylation is 1. The molecule has 1 aromatic carbocycles. The van der Waals surface area contributed by atoms with Crippen molar-refractivity contribution in [3.63, 3.8) is 0 Å². The monoisotopic (exact) mass is 1410 g/mol. The minimum atomic E-state index is -4.77. The Morgan fingerprint density at radius 2 is 1.31 bits per heavy atom. The number of hydrogen-bond donors (Lipinski definition) is 3. The molecule has 2 saturated heterocycles. The van der Waals surface area contributed by atoms with Gasteiger partial charge < -0.3 is 60.0 Å². The highest BCUT2D eigenvalue weighted by molar-refractivity contribution is 7.08. The Morgan fingerprint density at radius 3 is 1.90 bits per heavy atom. The predicted octanol–water partition coefficient (Wildman–Crippen LogP) is 5.72. The van der Waals surface area contributed by atoms with E-state index < -0.39 is 168 Å². The highest BCUT2D eigenvalue weighted by Crippen LogP contribution is 2.39. The van der Waals surface area contributed by atoms with Gasteiger partial charge in [-0.15, -0.1) is 0 Å². The molecule has 5 fully saturated rings. The van der Waals surface area contributed by atoms with Crippen LogP contribution in [-0.2, 0) is 70.1 Å². The first-order valence-electron chi connectivity index (χ1n) is 34.5. The molecule has 3 aliphatic carbocycles. The molecule has 3 heterocycles. The van der Waals surface area contributed by atoms with Crippen LogP contribution < -0.4 is 20.9 Å². The van der Waals surface area contributed by atoms with Gasteiger partial charge in [-0.25, -0.2) is 0 Å². The standard InChI is InChI=1S/C69H100ClF3N12O12S/c1-11-43(2)59-65(95)79(6)40-57(89)77(4)41-58(90)81(8)52(36-45-21-14-12-15-22-45)63(93)78(5)38-54(86)74-51(28-26-46-25-27-49(50(70)35-46)69(71,72)73)62(92)85(48-29-34-98-42-48)39-55(87)76-68(30-16-17-31-68)67(97)83(10)60(47-23-20-24-47)66(96)82(9)53(64(94)84-32-18-13-19-33-84)37-56(88)80(7)44(3)61(91)75-59/h25,27,29,34-35,42-45,47,51-53,59-60H,11-24,26,28,30-33,36-41H2,1-10H3,(H,74,86)(H,75,91)(H,76,87)/t43-,44-,51-,52-,53-,59-,60-/m0/s1. The molecule has 0 bridgehead atoms. The van der Waals surface area contributed by atoms with Gasteiger partial charge in [-0.2, -0.15) is 24.5 Å². The van der Waals surface area contributed by atoms with Gasteiger partial charge in [0.1, 0.15) is 48.3 Å². The van der Waals surface area contributed by atoms with Crippen molar-refractivity contribution >= 4 is 99.5 Å². The lowest BCUT2D eigenvalue weighted by atomic mass is 9.77. The fraction of sp³-hybridized carbons (Fsp3) is 0.681. The van der Waals surface area contributed by atoms with Gasteiger partial charge in [0.2, 0.25) is 70.9 Å². The average Bonchev–Trinajstić information content (AvgIpc) is 1.31. The Morgan fingerprint density at radius 1 is 0.673 bits per heavy atom. The molecule has 24 nitrogen and oxygen atoms in total. The van der Waals surface area contributed by atoms with E-state index >= 15 is 14.4 Å². The number of nitrogens with zero attached hydrogens (tertiary/aromatic N) is 9. The number of anilines is 1. The van der Waals surface area contributed by atoms with Crippen LogP contribution >= 0.6 is 22.9 Å². The van der Waals surface area contributed by atoms with Crippen molar-refractivity contribution in [2.24, 2.45) is 17.8 Å². The second-order valence-electron chi connectivity index (χ2n) is 27.8. The first-order valence-corrected chi connectivity index (χ1v) is 35.8. The number of likely N-dealkylation sites (tertiary alicyclic amines) is 1. The van der Waals surface area contributed by atoms with Crippen LogP contribution in [0, 0.1) is 17.8 Å². The third kappa shape index (κ3) is 19.3. The second kappa shape index (κ2) is 34.6. The molecule has 5 aliphatic rings. The molecule has 98 heavy (non-hydrogen) atoms. The molecule has 1 spiro atoms. The number of rotatable bonds is 10.